The molecule has 3 amide bonds. The van der Waals surface area contributed by atoms with Crippen LogP contribution >= 0.6 is 0 Å². The van der Waals surface area contributed by atoms with E-state index >= 15 is 0 Å². The van der Waals surface area contributed by atoms with Gasteiger partial charge in [0.2, 0.25) is 11.8 Å². The Bertz CT molecular complexity index is 943. The number of nitrogens with one attached hydrogen (secondary N) is 1. The van der Waals surface area contributed by atoms with Crippen molar-refractivity contribution in [2.75, 3.05) is 26.7 Å². The summed E-state index contributed by atoms with van der Waals surface area (Å²) in [7, 11) is 1.65. The van der Waals surface area contributed by atoms with Gasteiger partial charge in [0.1, 0.15) is 0 Å². The lowest BCUT2D eigenvalue weighted by atomic mass is 9.95. The third-order valence-corrected chi connectivity index (χ3v) is 5.35. The molecule has 0 saturated carbocycles. The highest BCUT2D eigenvalue weighted by molar-refractivity contribution is 6.07. The van der Waals surface area contributed by atoms with Crippen molar-refractivity contribution in [1.82, 2.24) is 15.1 Å². The van der Waals surface area contributed by atoms with Gasteiger partial charge in [-0.05, 0) is 50.5 Å². The lowest BCUT2D eigenvalue weighted by molar-refractivity contribution is -0.139. The van der Waals surface area contributed by atoms with Gasteiger partial charge in [0.05, 0.1) is 12.5 Å². The van der Waals surface area contributed by atoms with Crippen molar-refractivity contribution < 1.29 is 14.4 Å². The molecule has 2 aromatic rings. The maximum absolute atomic E-state index is 13.2. The van der Waals surface area contributed by atoms with Crippen LogP contribution in [0.3, 0.4) is 0 Å². The summed E-state index contributed by atoms with van der Waals surface area (Å²) >= 11 is 0. The van der Waals surface area contributed by atoms with Crippen LogP contribution in [-0.2, 0) is 9.59 Å². The molecule has 1 heterocycles. The van der Waals surface area contributed by atoms with Gasteiger partial charge in [-0.3, -0.25) is 14.4 Å². The van der Waals surface area contributed by atoms with E-state index in [1.165, 1.54) is 4.90 Å². The van der Waals surface area contributed by atoms with Crippen LogP contribution in [0.4, 0.5) is 0 Å². The fourth-order valence-corrected chi connectivity index (χ4v) is 4.01. The van der Waals surface area contributed by atoms with Gasteiger partial charge in [0.15, 0.2) is 0 Å². The Hall–Kier alpha value is -2.89. The molecular formula is C24H31N3O3. The molecule has 0 spiro atoms. The molecule has 160 valence electrons. The molecular weight excluding hydrogens is 378 g/mol. The van der Waals surface area contributed by atoms with E-state index in [1.807, 2.05) is 63.2 Å². The number of hydrogen-bond acceptors (Lipinski definition) is 3. The van der Waals surface area contributed by atoms with E-state index in [2.05, 4.69) is 5.32 Å². The van der Waals surface area contributed by atoms with Crippen molar-refractivity contribution >= 4 is 28.5 Å². The molecule has 2 aromatic carbocycles. The third kappa shape index (κ3) is 5.17. The maximum atomic E-state index is 13.2. The Balaban J connectivity index is 1.68. The van der Waals surface area contributed by atoms with Crippen LogP contribution in [0, 0.1) is 5.92 Å². The number of likely N-dealkylation sites (tertiary alicyclic amines) is 1. The molecule has 1 N–H and O–H groups in total. The van der Waals surface area contributed by atoms with Crippen LogP contribution in [0.5, 0.6) is 0 Å². The van der Waals surface area contributed by atoms with Crippen molar-refractivity contribution in [2.24, 2.45) is 5.92 Å². The summed E-state index contributed by atoms with van der Waals surface area (Å²) in [5.74, 6) is -0.602. The lowest BCUT2D eigenvalue weighted by Gasteiger charge is -2.34. The quantitative estimate of drug-likeness (QED) is 0.844. The number of carbonyl (C=O) groups is 3. The molecule has 1 atom stereocenters. The maximum Gasteiger partial charge on any atom is 0.254 e. The number of likely N-dealkylation sites (N-methyl/N-ethyl adjacent to an activating group) is 1. The highest BCUT2D eigenvalue weighted by Gasteiger charge is 2.31. The van der Waals surface area contributed by atoms with Gasteiger partial charge < -0.3 is 15.1 Å². The van der Waals surface area contributed by atoms with Crippen LogP contribution in [0.2, 0.25) is 0 Å². The SMILES string of the molecule is CN(CC(=O)NC(C)(C)C)C(=O)C1CCCN(C(=O)c2cccc3ccccc23)C1. The van der Waals surface area contributed by atoms with E-state index in [0.717, 1.165) is 23.6 Å². The van der Waals surface area contributed by atoms with Crippen LogP contribution in [0.1, 0.15) is 44.0 Å². The molecule has 6 nitrogen and oxygen atoms in total. The van der Waals surface area contributed by atoms with Gasteiger partial charge in [0, 0.05) is 31.2 Å². The van der Waals surface area contributed by atoms with Crippen molar-refractivity contribution in [1.29, 1.82) is 0 Å². The number of hydrogen-bond donors (Lipinski definition) is 1. The highest BCUT2D eigenvalue weighted by atomic mass is 16.2. The zero-order chi connectivity index (χ0) is 21.9. The van der Waals surface area contributed by atoms with Gasteiger partial charge in [-0.25, -0.2) is 0 Å². The van der Waals surface area contributed by atoms with Gasteiger partial charge in [-0.15, -0.1) is 0 Å². The summed E-state index contributed by atoms with van der Waals surface area (Å²) in [6.07, 6.45) is 1.50. The average molecular weight is 410 g/mol. The molecule has 0 aromatic heterocycles. The van der Waals surface area contributed by atoms with Crippen LogP contribution < -0.4 is 5.32 Å². The fourth-order valence-electron chi connectivity index (χ4n) is 4.01. The first-order valence-corrected chi connectivity index (χ1v) is 10.5. The third-order valence-electron chi connectivity index (χ3n) is 5.35. The monoisotopic (exact) mass is 409 g/mol. The Kier molecular flexibility index (Phi) is 6.44. The molecule has 0 radical (unpaired) electrons. The van der Waals surface area contributed by atoms with E-state index < -0.39 is 0 Å². The van der Waals surface area contributed by atoms with Crippen molar-refractivity contribution in [3.8, 4) is 0 Å². The normalized spacial score (nSPS) is 16.9. The second kappa shape index (κ2) is 8.86. The van der Waals surface area contributed by atoms with Crippen LogP contribution in [0.15, 0.2) is 42.5 Å². The number of fused-ring (bicyclic) bond motifs is 1. The summed E-state index contributed by atoms with van der Waals surface area (Å²) in [5.41, 5.74) is 0.326. The number of piperidine rings is 1. The minimum atomic E-state index is -0.340. The van der Waals surface area contributed by atoms with Crippen molar-refractivity contribution in [2.45, 2.75) is 39.2 Å². The number of amides is 3. The first-order valence-electron chi connectivity index (χ1n) is 10.5. The van der Waals surface area contributed by atoms with Crippen LogP contribution in [0.25, 0.3) is 10.8 Å². The first kappa shape index (κ1) is 21.8. The summed E-state index contributed by atoms with van der Waals surface area (Å²) in [5, 5.41) is 4.83. The largest absolute Gasteiger partial charge is 0.350 e. The van der Waals surface area contributed by atoms with Gasteiger partial charge in [0.25, 0.3) is 5.91 Å². The molecule has 0 aliphatic carbocycles. The Morgan fingerprint density at radius 1 is 1.10 bits per heavy atom. The second-order valence-electron chi connectivity index (χ2n) is 9.11. The molecule has 1 saturated heterocycles. The Labute approximate surface area is 178 Å². The summed E-state index contributed by atoms with van der Waals surface area (Å²) in [6.45, 7) is 6.76. The van der Waals surface area contributed by atoms with Gasteiger partial charge in [-0.1, -0.05) is 36.4 Å². The van der Waals surface area contributed by atoms with Crippen molar-refractivity contribution in [3.63, 3.8) is 0 Å². The summed E-state index contributed by atoms with van der Waals surface area (Å²) < 4.78 is 0. The Morgan fingerprint density at radius 3 is 2.53 bits per heavy atom. The minimum absolute atomic E-state index is 0.0177. The van der Waals surface area contributed by atoms with Gasteiger partial charge >= 0.3 is 0 Å². The van der Waals surface area contributed by atoms with Gasteiger partial charge in [-0.2, -0.15) is 0 Å². The molecule has 30 heavy (non-hydrogen) atoms. The van der Waals surface area contributed by atoms with E-state index in [1.54, 1.807) is 11.9 Å². The van der Waals surface area contributed by atoms with E-state index in [0.29, 0.717) is 18.7 Å². The average Bonchev–Trinajstić information content (AvgIpc) is 2.70. The Morgan fingerprint density at radius 2 is 1.80 bits per heavy atom. The van der Waals surface area contributed by atoms with Crippen LogP contribution in [-0.4, -0.2) is 59.7 Å². The zero-order valence-corrected chi connectivity index (χ0v) is 18.3. The lowest BCUT2D eigenvalue weighted by Crippen LogP contribution is -2.50. The van der Waals surface area contributed by atoms with E-state index in [9.17, 15) is 14.4 Å². The van der Waals surface area contributed by atoms with E-state index in [-0.39, 0.29) is 35.7 Å². The predicted molar refractivity (Wildman–Crippen MR) is 118 cm³/mol. The van der Waals surface area contributed by atoms with E-state index in [4.69, 9.17) is 0 Å². The second-order valence-corrected chi connectivity index (χ2v) is 9.11. The fraction of sp³-hybridized carbons (Fsp3) is 0.458. The molecule has 1 fully saturated rings. The molecule has 6 heteroatoms. The number of carbonyl (C=O) groups excluding carboxylic acids is 3. The number of benzene rings is 2. The molecule has 1 aliphatic rings. The smallest absolute Gasteiger partial charge is 0.254 e. The molecule has 0 bridgehead atoms. The summed E-state index contributed by atoms with van der Waals surface area (Å²) in [6, 6.07) is 13.6. The molecule has 3 rings (SSSR count). The minimum Gasteiger partial charge on any atom is -0.350 e. The molecule has 1 aliphatic heterocycles. The standard InChI is InChI=1S/C24H31N3O3/c1-24(2,3)25-21(28)16-26(4)22(29)18-11-8-14-27(15-18)23(30)20-13-7-10-17-9-5-6-12-19(17)20/h5-7,9-10,12-13,18H,8,11,14-16H2,1-4H3,(H,25,28). The van der Waals surface area contributed by atoms with Crippen molar-refractivity contribution in [3.05, 3.63) is 48.0 Å². The number of nitrogens with zero attached hydrogens (tertiary/aromatic N) is 2. The predicted octanol–water partition coefficient (Wildman–Crippen LogP) is 3.07. The first-order chi connectivity index (χ1) is 14.2. The number of rotatable bonds is 4. The summed E-state index contributed by atoms with van der Waals surface area (Å²) in [4.78, 5) is 41.6. The topological polar surface area (TPSA) is 69.7 Å². The highest BCUT2D eigenvalue weighted by Crippen LogP contribution is 2.24. The zero-order valence-electron chi connectivity index (χ0n) is 18.3. The molecule has 1 unspecified atom stereocenters.